The van der Waals surface area contributed by atoms with Gasteiger partial charge < -0.3 is 4.90 Å². The second kappa shape index (κ2) is 5.74. The Morgan fingerprint density at radius 2 is 2.00 bits per heavy atom. The maximum Gasteiger partial charge on any atom is 0.227 e. The molecule has 0 spiro atoms. The van der Waals surface area contributed by atoms with Crippen LogP contribution in [0.5, 0.6) is 0 Å². The van der Waals surface area contributed by atoms with E-state index in [0.717, 1.165) is 18.7 Å². The van der Waals surface area contributed by atoms with Crippen molar-refractivity contribution in [3.05, 3.63) is 57.8 Å². The Labute approximate surface area is 139 Å². The maximum atomic E-state index is 12.9. The summed E-state index contributed by atoms with van der Waals surface area (Å²) in [6, 6.07) is 14.8. The summed E-state index contributed by atoms with van der Waals surface area (Å²) < 4.78 is 0. The molecule has 1 aliphatic heterocycles. The van der Waals surface area contributed by atoms with Crippen LogP contribution in [-0.4, -0.2) is 23.1 Å². The largest absolute Gasteiger partial charge is 0.325 e. The Morgan fingerprint density at radius 3 is 2.73 bits per heavy atom. The SMILES string of the molecule is Cc1ccc([C@@H]2SCCN2C(=O)[C@H]2C[C@H]2c2ccccc2)s1. The molecule has 1 amide bonds. The molecule has 4 heteroatoms. The highest BCUT2D eigenvalue weighted by Gasteiger charge is 2.48. The summed E-state index contributed by atoms with van der Waals surface area (Å²) in [5.74, 6) is 2.04. The fraction of sp³-hybridized carbons (Fsp3) is 0.389. The predicted octanol–water partition coefficient (Wildman–Crippen LogP) is 4.43. The molecule has 1 aromatic carbocycles. The van der Waals surface area contributed by atoms with Gasteiger partial charge in [-0.1, -0.05) is 30.3 Å². The number of amides is 1. The van der Waals surface area contributed by atoms with Crippen LogP contribution in [0, 0.1) is 12.8 Å². The molecule has 0 N–H and O–H groups in total. The number of aryl methyl sites for hydroxylation is 1. The summed E-state index contributed by atoms with van der Waals surface area (Å²) in [5.41, 5.74) is 1.32. The molecule has 2 heterocycles. The summed E-state index contributed by atoms with van der Waals surface area (Å²) >= 11 is 3.72. The van der Waals surface area contributed by atoms with Gasteiger partial charge >= 0.3 is 0 Å². The van der Waals surface area contributed by atoms with Crippen molar-refractivity contribution in [2.24, 2.45) is 5.92 Å². The number of rotatable bonds is 3. The van der Waals surface area contributed by atoms with Crippen LogP contribution in [-0.2, 0) is 4.79 Å². The van der Waals surface area contributed by atoms with Crippen LogP contribution in [0.2, 0.25) is 0 Å². The lowest BCUT2D eigenvalue weighted by molar-refractivity contribution is -0.132. The van der Waals surface area contributed by atoms with E-state index in [4.69, 9.17) is 0 Å². The Balaban J connectivity index is 1.49. The molecule has 2 fully saturated rings. The van der Waals surface area contributed by atoms with E-state index in [9.17, 15) is 4.79 Å². The van der Waals surface area contributed by atoms with E-state index in [2.05, 4.69) is 48.2 Å². The molecule has 0 bridgehead atoms. The van der Waals surface area contributed by atoms with Gasteiger partial charge in [-0.2, -0.15) is 0 Å². The number of hydrogen-bond acceptors (Lipinski definition) is 3. The molecule has 2 nitrogen and oxygen atoms in total. The molecular formula is C18H19NOS2. The number of thiophene rings is 1. The van der Waals surface area contributed by atoms with Crippen LogP contribution in [0.15, 0.2) is 42.5 Å². The van der Waals surface area contributed by atoms with Gasteiger partial charge in [-0.15, -0.1) is 23.1 Å². The fourth-order valence-corrected chi connectivity index (χ4v) is 5.65. The third-order valence-corrected chi connectivity index (χ3v) is 6.96. The zero-order valence-corrected chi connectivity index (χ0v) is 14.2. The molecule has 1 aliphatic carbocycles. The van der Waals surface area contributed by atoms with E-state index in [1.807, 2.05) is 29.2 Å². The minimum atomic E-state index is 0.199. The molecule has 1 saturated heterocycles. The molecule has 4 rings (SSSR count). The van der Waals surface area contributed by atoms with Crippen molar-refractivity contribution < 1.29 is 4.79 Å². The fourth-order valence-electron chi connectivity index (χ4n) is 3.27. The monoisotopic (exact) mass is 329 g/mol. The standard InChI is InChI=1S/C18H19NOS2/c1-12-7-8-16(22-12)18-19(9-10-21-18)17(20)15-11-14(15)13-5-3-2-4-6-13/h2-8,14-15,18H,9-11H2,1H3/t14-,15-,18-/m0/s1. The van der Waals surface area contributed by atoms with E-state index in [-0.39, 0.29) is 11.3 Å². The number of carbonyl (C=O) groups excluding carboxylic acids is 1. The van der Waals surface area contributed by atoms with Gasteiger partial charge in [0, 0.05) is 28.0 Å². The molecule has 0 unspecified atom stereocenters. The van der Waals surface area contributed by atoms with Crippen molar-refractivity contribution in [2.45, 2.75) is 24.6 Å². The molecular weight excluding hydrogens is 310 g/mol. The highest BCUT2D eigenvalue weighted by molar-refractivity contribution is 7.99. The van der Waals surface area contributed by atoms with Gasteiger partial charge in [0.15, 0.2) is 0 Å². The minimum absolute atomic E-state index is 0.199. The van der Waals surface area contributed by atoms with Crippen molar-refractivity contribution in [3.8, 4) is 0 Å². The van der Waals surface area contributed by atoms with Crippen LogP contribution >= 0.6 is 23.1 Å². The number of thioether (sulfide) groups is 1. The zero-order chi connectivity index (χ0) is 15.1. The lowest BCUT2D eigenvalue weighted by atomic mass is 10.1. The topological polar surface area (TPSA) is 20.3 Å². The molecule has 1 aromatic heterocycles. The van der Waals surface area contributed by atoms with Gasteiger partial charge in [0.05, 0.1) is 0 Å². The molecule has 3 atom stereocenters. The highest BCUT2D eigenvalue weighted by atomic mass is 32.2. The van der Waals surface area contributed by atoms with Crippen LogP contribution in [0.4, 0.5) is 0 Å². The second-order valence-electron chi connectivity index (χ2n) is 6.06. The molecule has 114 valence electrons. The first kappa shape index (κ1) is 14.3. The predicted molar refractivity (Wildman–Crippen MR) is 93.3 cm³/mol. The van der Waals surface area contributed by atoms with Crippen molar-refractivity contribution in [1.29, 1.82) is 0 Å². The van der Waals surface area contributed by atoms with E-state index in [0.29, 0.717) is 11.8 Å². The Bertz CT molecular complexity index is 681. The molecule has 2 aromatic rings. The van der Waals surface area contributed by atoms with Gasteiger partial charge in [0.2, 0.25) is 5.91 Å². The first-order valence-corrected chi connectivity index (χ1v) is 9.64. The number of benzene rings is 1. The van der Waals surface area contributed by atoms with Crippen LogP contribution in [0.25, 0.3) is 0 Å². The van der Waals surface area contributed by atoms with Crippen LogP contribution in [0.1, 0.15) is 33.0 Å². The summed E-state index contributed by atoms with van der Waals surface area (Å²) in [6.45, 7) is 3.02. The molecule has 2 aliphatic rings. The Morgan fingerprint density at radius 1 is 1.18 bits per heavy atom. The van der Waals surface area contributed by atoms with E-state index < -0.39 is 0 Å². The van der Waals surface area contributed by atoms with Gasteiger partial charge in [-0.3, -0.25) is 4.79 Å². The summed E-state index contributed by atoms with van der Waals surface area (Å²) in [5, 5.41) is 0.239. The van der Waals surface area contributed by atoms with Gasteiger partial charge in [0.25, 0.3) is 0 Å². The lowest BCUT2D eigenvalue weighted by Gasteiger charge is -2.23. The van der Waals surface area contributed by atoms with E-state index in [1.54, 1.807) is 0 Å². The molecule has 0 radical (unpaired) electrons. The van der Waals surface area contributed by atoms with Crippen molar-refractivity contribution in [1.82, 2.24) is 4.90 Å². The smallest absolute Gasteiger partial charge is 0.227 e. The van der Waals surface area contributed by atoms with Gasteiger partial charge in [0.1, 0.15) is 5.37 Å². The zero-order valence-electron chi connectivity index (χ0n) is 12.6. The summed E-state index contributed by atoms with van der Waals surface area (Å²) in [7, 11) is 0. The molecule has 22 heavy (non-hydrogen) atoms. The maximum absolute atomic E-state index is 12.9. The van der Waals surface area contributed by atoms with E-state index in [1.165, 1.54) is 15.3 Å². The van der Waals surface area contributed by atoms with Gasteiger partial charge in [-0.25, -0.2) is 0 Å². The normalized spacial score (nSPS) is 27.1. The molecule has 1 saturated carbocycles. The number of hydrogen-bond donors (Lipinski definition) is 0. The first-order valence-electron chi connectivity index (χ1n) is 7.77. The van der Waals surface area contributed by atoms with E-state index >= 15 is 0 Å². The third kappa shape index (κ3) is 2.59. The summed E-state index contributed by atoms with van der Waals surface area (Å²) in [4.78, 5) is 17.7. The van der Waals surface area contributed by atoms with Gasteiger partial charge in [-0.05, 0) is 37.0 Å². The number of nitrogens with zero attached hydrogens (tertiary/aromatic N) is 1. The van der Waals surface area contributed by atoms with Crippen molar-refractivity contribution >= 4 is 29.0 Å². The third-order valence-electron chi connectivity index (χ3n) is 4.51. The lowest BCUT2D eigenvalue weighted by Crippen LogP contribution is -2.31. The van der Waals surface area contributed by atoms with Crippen LogP contribution < -0.4 is 0 Å². The average molecular weight is 329 g/mol. The second-order valence-corrected chi connectivity index (χ2v) is 8.57. The van der Waals surface area contributed by atoms with Crippen LogP contribution in [0.3, 0.4) is 0 Å². The minimum Gasteiger partial charge on any atom is -0.325 e. The Hall–Kier alpha value is -1.26. The summed E-state index contributed by atoms with van der Waals surface area (Å²) in [6.07, 6.45) is 1.01. The average Bonchev–Trinajstić information content (AvgIpc) is 2.98. The quantitative estimate of drug-likeness (QED) is 0.830. The number of carbonyl (C=O) groups is 1. The van der Waals surface area contributed by atoms with Crippen molar-refractivity contribution in [2.75, 3.05) is 12.3 Å². The van der Waals surface area contributed by atoms with Crippen molar-refractivity contribution in [3.63, 3.8) is 0 Å². The first-order chi connectivity index (χ1) is 10.7. The highest BCUT2D eigenvalue weighted by Crippen LogP contribution is 2.51. The Kier molecular flexibility index (Phi) is 3.74.